The third-order valence-electron chi connectivity index (χ3n) is 16.9. The van der Waals surface area contributed by atoms with E-state index in [-0.39, 0.29) is 155 Å². The fraction of sp³-hybridized carbons (Fsp3) is 0.308. The van der Waals surface area contributed by atoms with Crippen LogP contribution in [-0.4, -0.2) is 96.1 Å². The molecule has 3 unspecified atom stereocenters. The van der Waals surface area contributed by atoms with E-state index in [2.05, 4.69) is 140 Å². The molecular formula is C78H85BrK2N4O11. The number of aliphatic hydroxyl groups is 3. The van der Waals surface area contributed by atoms with Gasteiger partial charge in [-0.2, -0.15) is 0 Å². The van der Waals surface area contributed by atoms with Crippen LogP contribution in [0.1, 0.15) is 127 Å². The van der Waals surface area contributed by atoms with Gasteiger partial charge in [0.1, 0.15) is 28.8 Å². The third-order valence-corrected chi connectivity index (χ3v) is 18.0. The standard InChI is InChI=1S/C39H42N2O4.C31H26N2O2.C4H9BrO.C3H6O.CH2O3.2K.H/c1-23(19-42)21-44-36-25(3)15-29(16-26(36)4)39(30-17-27(5)37(28(6)18-30)45-22-24(2)20-43)32-12-8-7-11-31(32)35-38(39)41-34-14-10-9-13-33(34)40-35;1-17-13-21(14-18(2)28(17)34)31(22-15-19(3)29(35)20(4)16-22)24-10-6-5-9-23(24)27-30(31)33-26-12-8-7-11-25(26)32-27;1-4(2-5)3-6;1-3(2)4;2-1-4-3;;;/h7-18,23-24,42-43H,19-22H2,1-6H3;5-16,34-35H,1-4H3;4,6H,2-3H2,1H3;1-2H3;1,3H;;;/q;;;;;2*+1;-1/p-1/i;;;1D;;;;. The van der Waals surface area contributed by atoms with Crippen molar-refractivity contribution in [3.8, 4) is 45.5 Å². The Kier molecular flexibility index (Phi) is 28.7. The molecule has 0 radical (unpaired) electrons. The minimum atomic E-state index is -0.755. The van der Waals surface area contributed by atoms with Crippen molar-refractivity contribution in [1.29, 1.82) is 0 Å². The first-order chi connectivity index (χ1) is 45.5. The van der Waals surface area contributed by atoms with Gasteiger partial charge in [-0.15, -0.1) is 0 Å². The molecule has 8 aromatic carbocycles. The summed E-state index contributed by atoms with van der Waals surface area (Å²) >= 11 is 3.21. The number of fused-ring (bicyclic) bond motifs is 8. The first-order valence-corrected chi connectivity index (χ1v) is 32.4. The summed E-state index contributed by atoms with van der Waals surface area (Å²) < 4.78 is 18.8. The number of rotatable bonds is 15. The molecule has 15 nitrogen and oxygen atoms in total. The van der Waals surface area contributed by atoms with Crippen molar-refractivity contribution >= 4 is 50.3 Å². The monoisotopic (exact) mass is 1410 g/mol. The van der Waals surface area contributed by atoms with Gasteiger partial charge in [0.15, 0.2) is 0 Å². The zero-order chi connectivity index (χ0) is 69.1. The average molecular weight is 1410 g/mol. The van der Waals surface area contributed by atoms with E-state index < -0.39 is 10.8 Å². The van der Waals surface area contributed by atoms with Gasteiger partial charge in [-0.1, -0.05) is 158 Å². The Morgan fingerprint density at radius 2 is 0.792 bits per heavy atom. The average Bonchev–Trinajstić information content (AvgIpc) is 1.53. The van der Waals surface area contributed by atoms with Crippen LogP contribution in [-0.2, 0) is 25.3 Å². The van der Waals surface area contributed by atoms with Crippen LogP contribution in [0, 0.1) is 73.1 Å². The number of carbonyl (C=O) groups excluding carboxylic acids is 2. The Labute approximate surface area is 660 Å². The van der Waals surface area contributed by atoms with E-state index >= 15 is 0 Å². The Morgan fingerprint density at radius 3 is 1.05 bits per heavy atom. The van der Waals surface area contributed by atoms with Crippen molar-refractivity contribution in [2.75, 3.05) is 38.4 Å². The maximum atomic E-state index is 10.6. The number of carbonyl (C=O) groups is 2. The van der Waals surface area contributed by atoms with Crippen molar-refractivity contribution in [2.45, 2.75) is 101 Å². The number of aromatic nitrogens is 4. The smallest absolute Gasteiger partial charge is 1.00 e. The Balaban J connectivity index is 0.000000290. The summed E-state index contributed by atoms with van der Waals surface area (Å²) in [6, 6.07) is 50.1. The Bertz CT molecular complexity index is 4200. The van der Waals surface area contributed by atoms with Gasteiger partial charge >= 0.3 is 103 Å². The molecule has 2 aliphatic carbocycles. The number of phenolic OH excluding ortho intramolecular Hbond substituents is 2. The van der Waals surface area contributed by atoms with Gasteiger partial charge in [-0.05, 0) is 177 Å². The van der Waals surface area contributed by atoms with E-state index in [1.807, 2.05) is 103 Å². The molecule has 2 aliphatic rings. The molecule has 0 spiro atoms. The number of alkyl halides is 1. The normalized spacial score (nSPS) is 14.3. The van der Waals surface area contributed by atoms with E-state index in [0.29, 0.717) is 30.6 Å². The summed E-state index contributed by atoms with van der Waals surface area (Å²) in [7, 11) is 0. The summed E-state index contributed by atoms with van der Waals surface area (Å²) in [6.45, 7) is 24.5. The number of aromatic hydroxyl groups is 2. The number of para-hydroxylation sites is 4. The molecule has 96 heavy (non-hydrogen) atoms. The molecule has 0 amide bonds. The van der Waals surface area contributed by atoms with Gasteiger partial charge in [-0.3, -0.25) is 4.79 Å². The molecule has 492 valence electrons. The Hall–Kier alpha value is -5.63. The summed E-state index contributed by atoms with van der Waals surface area (Å²) in [5.74, 6) is 2.71. The number of phenols is 2. The number of aliphatic hydroxyl groups excluding tert-OH is 3. The van der Waals surface area contributed by atoms with E-state index in [0.717, 1.165) is 151 Å². The molecule has 2 aromatic heterocycles. The van der Waals surface area contributed by atoms with Crippen LogP contribution in [0.3, 0.4) is 0 Å². The molecule has 0 saturated heterocycles. The maximum absolute atomic E-state index is 10.6. The van der Waals surface area contributed by atoms with E-state index in [1.165, 1.54) is 6.92 Å². The molecule has 0 bridgehead atoms. The minimum Gasteiger partial charge on any atom is -1.00 e. The largest absolute Gasteiger partial charge is 1.00 e. The molecule has 0 aliphatic heterocycles. The van der Waals surface area contributed by atoms with E-state index in [4.69, 9.17) is 45.9 Å². The number of ether oxygens (including phenoxy) is 2. The van der Waals surface area contributed by atoms with Crippen LogP contribution < -0.4 is 118 Å². The van der Waals surface area contributed by atoms with Gasteiger partial charge in [0, 0.05) is 49.5 Å². The van der Waals surface area contributed by atoms with Crippen molar-refractivity contribution < 1.29 is 160 Å². The molecule has 10 aromatic rings. The van der Waals surface area contributed by atoms with Crippen molar-refractivity contribution in [1.82, 2.24) is 19.9 Å². The number of ketones is 1. The number of nitrogens with zero attached hydrogens (tertiary/aromatic N) is 4. The predicted molar refractivity (Wildman–Crippen MR) is 373 cm³/mol. The molecule has 18 heteroatoms. The first kappa shape index (κ1) is 77.7. The predicted octanol–water partition coefficient (Wildman–Crippen LogP) is 8.04. The van der Waals surface area contributed by atoms with E-state index in [1.54, 1.807) is 0 Å². The number of benzene rings is 8. The van der Waals surface area contributed by atoms with Crippen LogP contribution in [0.4, 0.5) is 0 Å². The summed E-state index contributed by atoms with van der Waals surface area (Å²) in [5.41, 5.74) is 21.4. The topological polar surface area (TPSA) is 238 Å². The number of hydrogen-bond acceptors (Lipinski definition) is 15. The van der Waals surface area contributed by atoms with Crippen molar-refractivity contribution in [3.63, 3.8) is 0 Å². The number of halogens is 1. The number of hydrogen-bond donors (Lipinski definition) is 5. The molecule has 0 saturated carbocycles. The van der Waals surface area contributed by atoms with Crippen molar-refractivity contribution in [2.24, 2.45) is 17.8 Å². The van der Waals surface area contributed by atoms with Gasteiger partial charge in [0.05, 0.1) is 68.9 Å². The fourth-order valence-electron chi connectivity index (χ4n) is 12.4. The first-order valence-electron chi connectivity index (χ1n) is 32.0. The number of aryl methyl sites for hydroxylation is 8. The van der Waals surface area contributed by atoms with Crippen LogP contribution in [0.15, 0.2) is 146 Å². The van der Waals surface area contributed by atoms with Crippen LogP contribution in [0.2, 0.25) is 0 Å². The minimum absolute atomic E-state index is 0. The quantitative estimate of drug-likeness (QED) is 0.0215. The van der Waals surface area contributed by atoms with Crippen LogP contribution in [0.25, 0.3) is 44.6 Å². The second kappa shape index (κ2) is 35.4. The molecule has 2 heterocycles. The molecule has 0 fully saturated rings. The summed E-state index contributed by atoms with van der Waals surface area (Å²) in [6.07, 6.45) is 0. The molecule has 5 N–H and O–H groups in total. The van der Waals surface area contributed by atoms with Crippen LogP contribution >= 0.6 is 15.9 Å². The van der Waals surface area contributed by atoms with Gasteiger partial charge < -0.3 is 51.4 Å². The van der Waals surface area contributed by atoms with Gasteiger partial charge in [-0.25, -0.2) is 19.9 Å². The summed E-state index contributed by atoms with van der Waals surface area (Å²) in [5, 5.41) is 58.0. The molecule has 12 rings (SSSR count). The number of Topliss-reactive ketones (excluding diaryl/α,β-unsaturated/α-hetero) is 1. The zero-order valence-corrected chi connectivity index (χ0v) is 65.3. The fourth-order valence-corrected chi connectivity index (χ4v) is 12.6. The molecule has 3 atom stereocenters. The van der Waals surface area contributed by atoms with Crippen molar-refractivity contribution in [3.05, 3.63) is 235 Å². The second-order valence-electron chi connectivity index (χ2n) is 24.7. The second-order valence-corrected chi connectivity index (χ2v) is 25.4. The third kappa shape index (κ3) is 16.6. The SMILES string of the molecule is CC(CO)CBr.Cc1cc(C2(c3cc(C)c(O)c(C)c3)c3ccccc3-c3nc4ccccc4nc32)cc(C)c1O.Cc1cc(C2(c3cc(C)c(OCC(C)CO)c(C)c3)c3ccccc3-c3nc4ccccc4nc32)cc(C)c1OCC(C)CO.O=CO[O-].[2H]CC(C)=O.[H-].[K+].[K+]. The van der Waals surface area contributed by atoms with Gasteiger partial charge in [0.2, 0.25) is 0 Å². The van der Waals surface area contributed by atoms with E-state index in [9.17, 15) is 25.2 Å². The maximum Gasteiger partial charge on any atom is 1.00 e. The van der Waals surface area contributed by atoms with Crippen LogP contribution in [0.5, 0.6) is 23.0 Å². The summed E-state index contributed by atoms with van der Waals surface area (Å²) in [4.78, 5) is 41.9. The molecular weight excluding hydrogens is 1330 g/mol. The van der Waals surface area contributed by atoms with Gasteiger partial charge in [0.25, 0.3) is 6.47 Å². The Morgan fingerprint density at radius 1 is 0.521 bits per heavy atom. The zero-order valence-electron chi connectivity index (χ0n) is 59.5.